The molecular weight excluding hydrogens is 300 g/mol. The summed E-state index contributed by atoms with van der Waals surface area (Å²) in [6, 6.07) is -0.0909. The third-order valence-corrected chi connectivity index (χ3v) is 5.72. The average Bonchev–Trinajstić information content (AvgIpc) is 3.18. The first-order valence-corrected chi connectivity index (χ1v) is 9.08. The number of hydrogen-bond acceptors (Lipinski definition) is 5. The normalized spacial score (nSPS) is 23.0. The summed E-state index contributed by atoms with van der Waals surface area (Å²) in [5.41, 5.74) is 0. The largest absolute Gasteiger partial charge is 0.396 e. The van der Waals surface area contributed by atoms with Crippen molar-refractivity contribution in [2.24, 2.45) is 5.92 Å². The highest BCUT2D eigenvalue weighted by atomic mass is 32.1. The molecule has 0 unspecified atom stereocenters. The number of aliphatic hydroxyl groups excluding tert-OH is 1. The molecule has 1 aromatic rings. The maximum atomic E-state index is 12.2. The topological polar surface area (TPSA) is 78.4 Å². The Bertz CT molecular complexity index is 501. The number of hydrogen-bond donors (Lipinski definition) is 2. The van der Waals surface area contributed by atoms with Crippen LogP contribution in [0, 0.1) is 5.92 Å². The Labute approximate surface area is 134 Å². The molecule has 0 radical (unpaired) electrons. The van der Waals surface area contributed by atoms with Gasteiger partial charge in [-0.15, -0.1) is 10.2 Å². The molecule has 2 aliphatic rings. The van der Waals surface area contributed by atoms with Crippen LogP contribution in [0.1, 0.15) is 55.9 Å². The number of likely N-dealkylation sites (tertiary alicyclic amines) is 1. The van der Waals surface area contributed by atoms with Crippen LogP contribution in [0.5, 0.6) is 0 Å². The van der Waals surface area contributed by atoms with E-state index in [-0.39, 0.29) is 12.6 Å². The highest BCUT2D eigenvalue weighted by Gasteiger charge is 2.27. The van der Waals surface area contributed by atoms with E-state index in [9.17, 15) is 4.79 Å². The number of aliphatic hydroxyl groups is 1. The van der Waals surface area contributed by atoms with E-state index in [1.807, 2.05) is 4.90 Å². The number of aromatic nitrogens is 2. The second-order valence-electron chi connectivity index (χ2n) is 6.32. The van der Waals surface area contributed by atoms with Crippen LogP contribution >= 0.6 is 11.3 Å². The molecule has 3 rings (SSSR count). The molecule has 0 spiro atoms. The van der Waals surface area contributed by atoms with Gasteiger partial charge in [0.05, 0.1) is 0 Å². The molecule has 7 heteroatoms. The van der Waals surface area contributed by atoms with E-state index >= 15 is 0 Å². The van der Waals surface area contributed by atoms with Gasteiger partial charge in [0.25, 0.3) is 0 Å². The molecule has 0 aromatic carbocycles. The Kier molecular flexibility index (Phi) is 5.25. The molecule has 6 nitrogen and oxygen atoms in total. The number of nitrogens with zero attached hydrogens (tertiary/aromatic N) is 3. The van der Waals surface area contributed by atoms with Gasteiger partial charge in [0, 0.05) is 25.6 Å². The number of amides is 2. The van der Waals surface area contributed by atoms with E-state index in [4.69, 9.17) is 5.11 Å². The number of carbonyl (C=O) groups excluding carboxylic acids is 1. The minimum atomic E-state index is -0.0909. The Balaban J connectivity index is 1.52. The Morgan fingerprint density at radius 2 is 2.09 bits per heavy atom. The molecule has 122 valence electrons. The molecule has 1 aromatic heterocycles. The van der Waals surface area contributed by atoms with Crippen LogP contribution in [-0.4, -0.2) is 45.9 Å². The summed E-state index contributed by atoms with van der Waals surface area (Å²) in [5.74, 6) is 0.945. The van der Waals surface area contributed by atoms with E-state index in [2.05, 4.69) is 15.5 Å². The van der Waals surface area contributed by atoms with Crippen molar-refractivity contribution in [3.8, 4) is 0 Å². The lowest BCUT2D eigenvalue weighted by atomic mass is 9.90. The summed E-state index contributed by atoms with van der Waals surface area (Å²) < 4.78 is 0. The van der Waals surface area contributed by atoms with Crippen LogP contribution in [0.15, 0.2) is 0 Å². The van der Waals surface area contributed by atoms with Crippen molar-refractivity contribution < 1.29 is 9.90 Å². The van der Waals surface area contributed by atoms with Crippen LogP contribution in [0.3, 0.4) is 0 Å². The monoisotopic (exact) mass is 324 g/mol. The third-order valence-electron chi connectivity index (χ3n) is 4.72. The summed E-state index contributed by atoms with van der Waals surface area (Å²) in [6.45, 7) is 1.67. The predicted octanol–water partition coefficient (Wildman–Crippen LogP) is 2.82. The SMILES string of the molecule is O=C(Nc1nnc(C2CCCCC2)s1)N1CC[C@H](CCO)C1. The Hall–Kier alpha value is -1.21. The predicted molar refractivity (Wildman–Crippen MR) is 86.1 cm³/mol. The Morgan fingerprint density at radius 3 is 2.86 bits per heavy atom. The first kappa shape index (κ1) is 15.7. The van der Waals surface area contributed by atoms with Crippen LogP contribution in [-0.2, 0) is 0 Å². The maximum absolute atomic E-state index is 12.2. The highest BCUT2D eigenvalue weighted by Crippen LogP contribution is 2.35. The third kappa shape index (κ3) is 3.76. The first-order valence-electron chi connectivity index (χ1n) is 8.26. The van der Waals surface area contributed by atoms with Crippen LogP contribution < -0.4 is 5.32 Å². The Morgan fingerprint density at radius 1 is 1.27 bits per heavy atom. The highest BCUT2D eigenvalue weighted by molar-refractivity contribution is 7.15. The molecule has 1 saturated heterocycles. The maximum Gasteiger partial charge on any atom is 0.323 e. The van der Waals surface area contributed by atoms with E-state index in [1.165, 1.54) is 43.4 Å². The number of carbonyl (C=O) groups is 1. The molecule has 2 fully saturated rings. The summed E-state index contributed by atoms with van der Waals surface area (Å²) in [5, 5.41) is 21.9. The molecule has 0 bridgehead atoms. The fourth-order valence-corrected chi connectivity index (χ4v) is 4.31. The van der Waals surface area contributed by atoms with Gasteiger partial charge in [0.1, 0.15) is 5.01 Å². The van der Waals surface area contributed by atoms with E-state index in [0.29, 0.717) is 17.0 Å². The summed E-state index contributed by atoms with van der Waals surface area (Å²) in [7, 11) is 0. The van der Waals surface area contributed by atoms with Crippen molar-refractivity contribution in [2.45, 2.75) is 50.9 Å². The second kappa shape index (κ2) is 7.37. The zero-order valence-electron chi connectivity index (χ0n) is 12.8. The van der Waals surface area contributed by atoms with E-state index in [1.54, 1.807) is 0 Å². The first-order chi connectivity index (χ1) is 10.8. The lowest BCUT2D eigenvalue weighted by molar-refractivity contribution is 0.217. The van der Waals surface area contributed by atoms with Gasteiger partial charge < -0.3 is 10.0 Å². The summed E-state index contributed by atoms with van der Waals surface area (Å²) in [6.07, 6.45) is 7.99. The van der Waals surface area contributed by atoms with Gasteiger partial charge in [-0.05, 0) is 31.6 Å². The molecule has 1 aliphatic heterocycles. The smallest absolute Gasteiger partial charge is 0.323 e. The zero-order valence-corrected chi connectivity index (χ0v) is 13.6. The fourth-order valence-electron chi connectivity index (χ4n) is 3.41. The molecular formula is C15H24N4O2S. The van der Waals surface area contributed by atoms with Crippen molar-refractivity contribution >= 4 is 22.5 Å². The van der Waals surface area contributed by atoms with Crippen molar-refractivity contribution in [3.63, 3.8) is 0 Å². The van der Waals surface area contributed by atoms with E-state index in [0.717, 1.165) is 30.9 Å². The lowest BCUT2D eigenvalue weighted by Gasteiger charge is -2.18. The van der Waals surface area contributed by atoms with Gasteiger partial charge in [0.2, 0.25) is 5.13 Å². The van der Waals surface area contributed by atoms with Crippen molar-refractivity contribution in [1.29, 1.82) is 0 Å². The van der Waals surface area contributed by atoms with Crippen LogP contribution in [0.25, 0.3) is 0 Å². The molecule has 2 heterocycles. The summed E-state index contributed by atoms with van der Waals surface area (Å²) >= 11 is 1.52. The van der Waals surface area contributed by atoms with Gasteiger partial charge in [0.15, 0.2) is 0 Å². The lowest BCUT2D eigenvalue weighted by Crippen LogP contribution is -2.33. The zero-order chi connectivity index (χ0) is 15.4. The standard InChI is InChI=1S/C15H24N4O2S/c20-9-7-11-6-8-19(10-11)15(21)16-14-18-17-13(22-14)12-4-2-1-3-5-12/h11-12,20H,1-10H2,(H,16,18,21)/t11-/m1/s1. The number of urea groups is 1. The molecule has 2 N–H and O–H groups in total. The molecule has 1 atom stereocenters. The summed E-state index contributed by atoms with van der Waals surface area (Å²) in [4.78, 5) is 14.0. The van der Waals surface area contributed by atoms with E-state index < -0.39 is 0 Å². The van der Waals surface area contributed by atoms with Gasteiger partial charge in [-0.3, -0.25) is 5.32 Å². The minimum absolute atomic E-state index is 0.0909. The van der Waals surface area contributed by atoms with Crippen molar-refractivity contribution in [3.05, 3.63) is 5.01 Å². The van der Waals surface area contributed by atoms with Gasteiger partial charge in [-0.2, -0.15) is 0 Å². The van der Waals surface area contributed by atoms with Gasteiger partial charge >= 0.3 is 6.03 Å². The molecule has 22 heavy (non-hydrogen) atoms. The number of rotatable bonds is 4. The van der Waals surface area contributed by atoms with Crippen LogP contribution in [0.2, 0.25) is 0 Å². The van der Waals surface area contributed by atoms with Crippen molar-refractivity contribution in [2.75, 3.05) is 25.0 Å². The molecule has 1 saturated carbocycles. The average molecular weight is 324 g/mol. The second-order valence-corrected chi connectivity index (χ2v) is 7.33. The number of nitrogens with one attached hydrogen (secondary N) is 1. The van der Waals surface area contributed by atoms with Gasteiger partial charge in [-0.25, -0.2) is 4.79 Å². The quantitative estimate of drug-likeness (QED) is 0.892. The van der Waals surface area contributed by atoms with Crippen LogP contribution in [0.4, 0.5) is 9.93 Å². The van der Waals surface area contributed by atoms with Gasteiger partial charge in [-0.1, -0.05) is 30.6 Å². The fraction of sp³-hybridized carbons (Fsp3) is 0.800. The number of anilines is 1. The van der Waals surface area contributed by atoms with Crippen molar-refractivity contribution in [1.82, 2.24) is 15.1 Å². The minimum Gasteiger partial charge on any atom is -0.396 e. The molecule has 2 amide bonds. The molecule has 1 aliphatic carbocycles.